The summed E-state index contributed by atoms with van der Waals surface area (Å²) in [5, 5.41) is 2.81. The highest BCUT2D eigenvalue weighted by atomic mass is 19.1. The predicted octanol–water partition coefficient (Wildman–Crippen LogP) is 3.62. The van der Waals surface area contributed by atoms with E-state index in [9.17, 15) is 9.18 Å². The number of hydrogen-bond acceptors (Lipinski definition) is 1. The van der Waals surface area contributed by atoms with Gasteiger partial charge in [-0.2, -0.15) is 0 Å². The first-order valence-electron chi connectivity index (χ1n) is 6.17. The second-order valence-electron chi connectivity index (χ2n) is 4.61. The van der Waals surface area contributed by atoms with Gasteiger partial charge in [0, 0.05) is 5.69 Å². The van der Waals surface area contributed by atoms with E-state index in [0.717, 1.165) is 16.7 Å². The zero-order valence-electron chi connectivity index (χ0n) is 11.0. The molecule has 0 bridgehead atoms. The van der Waals surface area contributed by atoms with Crippen LogP contribution in [-0.2, 0) is 11.2 Å². The lowest BCUT2D eigenvalue weighted by molar-refractivity contribution is -0.115. The molecule has 0 unspecified atom stereocenters. The minimum absolute atomic E-state index is 0.0935. The number of benzene rings is 2. The van der Waals surface area contributed by atoms with E-state index < -0.39 is 0 Å². The maximum Gasteiger partial charge on any atom is 0.228 e. The van der Waals surface area contributed by atoms with Crippen LogP contribution in [0.15, 0.2) is 42.5 Å². The van der Waals surface area contributed by atoms with Crippen molar-refractivity contribution < 1.29 is 9.18 Å². The van der Waals surface area contributed by atoms with E-state index in [0.29, 0.717) is 12.1 Å². The van der Waals surface area contributed by atoms with E-state index in [2.05, 4.69) is 5.32 Å². The number of carbonyl (C=O) groups is 1. The van der Waals surface area contributed by atoms with Gasteiger partial charge in [0.2, 0.25) is 5.91 Å². The maximum atomic E-state index is 13.0. The number of halogens is 1. The molecule has 0 aromatic heterocycles. The van der Waals surface area contributed by atoms with E-state index in [1.54, 1.807) is 13.0 Å². The third-order valence-electron chi connectivity index (χ3n) is 3.07. The van der Waals surface area contributed by atoms with Gasteiger partial charge in [0.25, 0.3) is 0 Å². The van der Waals surface area contributed by atoms with Crippen LogP contribution in [0.1, 0.15) is 16.7 Å². The van der Waals surface area contributed by atoms with Crippen molar-refractivity contribution in [3.8, 4) is 0 Å². The predicted molar refractivity (Wildman–Crippen MR) is 74.6 cm³/mol. The van der Waals surface area contributed by atoms with E-state index in [-0.39, 0.29) is 11.7 Å². The number of rotatable bonds is 3. The van der Waals surface area contributed by atoms with Crippen LogP contribution in [-0.4, -0.2) is 5.91 Å². The second kappa shape index (κ2) is 5.65. The number of amides is 1. The van der Waals surface area contributed by atoms with Crippen LogP contribution in [0.3, 0.4) is 0 Å². The molecule has 0 radical (unpaired) electrons. The average molecular weight is 257 g/mol. The summed E-state index contributed by atoms with van der Waals surface area (Å²) >= 11 is 0. The highest BCUT2D eigenvalue weighted by Crippen LogP contribution is 2.16. The number of anilines is 1. The van der Waals surface area contributed by atoms with Gasteiger partial charge in [-0.3, -0.25) is 4.79 Å². The Morgan fingerprint density at radius 1 is 1.11 bits per heavy atom. The molecule has 19 heavy (non-hydrogen) atoms. The minimum atomic E-state index is -0.297. The quantitative estimate of drug-likeness (QED) is 0.894. The van der Waals surface area contributed by atoms with Crippen LogP contribution in [0.4, 0.5) is 10.1 Å². The lowest BCUT2D eigenvalue weighted by atomic mass is 10.1. The number of aryl methyl sites for hydroxylation is 2. The summed E-state index contributed by atoms with van der Waals surface area (Å²) in [6.45, 7) is 3.75. The zero-order valence-corrected chi connectivity index (χ0v) is 11.0. The second-order valence-corrected chi connectivity index (χ2v) is 4.61. The molecule has 2 rings (SSSR count). The molecule has 0 aliphatic heterocycles. The number of nitrogens with one attached hydrogen (secondary N) is 1. The van der Waals surface area contributed by atoms with Crippen molar-refractivity contribution in [2.24, 2.45) is 0 Å². The van der Waals surface area contributed by atoms with Gasteiger partial charge in [-0.25, -0.2) is 4.39 Å². The van der Waals surface area contributed by atoms with Crippen molar-refractivity contribution in [3.05, 3.63) is 65.0 Å². The Bertz CT molecular complexity index is 607. The van der Waals surface area contributed by atoms with Crippen LogP contribution in [0, 0.1) is 19.7 Å². The van der Waals surface area contributed by atoms with Crippen LogP contribution in [0.5, 0.6) is 0 Å². The van der Waals surface area contributed by atoms with Crippen LogP contribution < -0.4 is 5.32 Å². The molecule has 3 heteroatoms. The summed E-state index contributed by atoms with van der Waals surface area (Å²) in [6.07, 6.45) is 0.323. The molecule has 1 amide bonds. The summed E-state index contributed by atoms with van der Waals surface area (Å²) < 4.78 is 13.0. The molecule has 98 valence electrons. The Morgan fingerprint density at radius 3 is 2.53 bits per heavy atom. The fraction of sp³-hybridized carbons (Fsp3) is 0.188. The van der Waals surface area contributed by atoms with E-state index in [1.807, 2.05) is 31.2 Å². The number of carbonyl (C=O) groups excluding carboxylic acids is 1. The molecule has 0 aliphatic rings. The highest BCUT2D eigenvalue weighted by Gasteiger charge is 2.08. The fourth-order valence-electron chi connectivity index (χ4n) is 1.94. The van der Waals surface area contributed by atoms with Gasteiger partial charge >= 0.3 is 0 Å². The fourth-order valence-corrected chi connectivity index (χ4v) is 1.94. The first-order valence-corrected chi connectivity index (χ1v) is 6.17. The summed E-state index contributed by atoms with van der Waals surface area (Å²) in [7, 11) is 0. The Kier molecular flexibility index (Phi) is 3.95. The molecule has 0 saturated heterocycles. The lowest BCUT2D eigenvalue weighted by Gasteiger charge is -2.09. The zero-order chi connectivity index (χ0) is 13.8. The Labute approximate surface area is 112 Å². The normalized spacial score (nSPS) is 10.3. The first-order chi connectivity index (χ1) is 9.06. The molecule has 0 saturated carbocycles. The largest absolute Gasteiger partial charge is 0.326 e. The molecule has 0 aliphatic carbocycles. The van der Waals surface area contributed by atoms with Crippen molar-refractivity contribution in [2.75, 3.05) is 5.32 Å². The topological polar surface area (TPSA) is 29.1 Å². The molecule has 2 nitrogen and oxygen atoms in total. The maximum absolute atomic E-state index is 13.0. The summed E-state index contributed by atoms with van der Waals surface area (Å²) in [6, 6.07) is 12.1. The van der Waals surface area contributed by atoms with Crippen molar-refractivity contribution in [3.63, 3.8) is 0 Å². The van der Waals surface area contributed by atoms with Gasteiger partial charge in [0.05, 0.1) is 6.42 Å². The Balaban J connectivity index is 2.08. The van der Waals surface area contributed by atoms with Gasteiger partial charge in [0.15, 0.2) is 0 Å². The van der Waals surface area contributed by atoms with Crippen LogP contribution in [0.2, 0.25) is 0 Å². The molecule has 2 aromatic rings. The molecule has 2 aromatic carbocycles. The molecule has 0 fully saturated rings. The van der Waals surface area contributed by atoms with Gasteiger partial charge in [-0.05, 0) is 48.7 Å². The summed E-state index contributed by atoms with van der Waals surface area (Å²) in [5.74, 6) is -0.390. The highest BCUT2D eigenvalue weighted by molar-refractivity contribution is 5.93. The number of hydrogen-bond donors (Lipinski definition) is 1. The molecule has 0 atom stereocenters. The molecular formula is C16H16FNO. The van der Waals surface area contributed by atoms with Crippen molar-refractivity contribution in [1.82, 2.24) is 0 Å². The Hall–Kier alpha value is -2.16. The monoisotopic (exact) mass is 257 g/mol. The SMILES string of the molecule is Cc1ccccc1CC(=O)Nc1ccc(F)cc1C. The average Bonchev–Trinajstić information content (AvgIpc) is 2.36. The van der Waals surface area contributed by atoms with E-state index >= 15 is 0 Å². The molecule has 0 spiro atoms. The summed E-state index contributed by atoms with van der Waals surface area (Å²) in [5.41, 5.74) is 3.46. The minimum Gasteiger partial charge on any atom is -0.326 e. The van der Waals surface area contributed by atoms with Crippen LogP contribution in [0.25, 0.3) is 0 Å². The smallest absolute Gasteiger partial charge is 0.228 e. The Morgan fingerprint density at radius 2 is 1.84 bits per heavy atom. The van der Waals surface area contributed by atoms with Crippen molar-refractivity contribution >= 4 is 11.6 Å². The van der Waals surface area contributed by atoms with Gasteiger partial charge in [-0.15, -0.1) is 0 Å². The molecular weight excluding hydrogens is 241 g/mol. The van der Waals surface area contributed by atoms with Gasteiger partial charge in [0.1, 0.15) is 5.82 Å². The standard InChI is InChI=1S/C16H16FNO/c1-11-5-3-4-6-13(11)10-16(19)18-15-8-7-14(17)9-12(15)2/h3-9H,10H2,1-2H3,(H,18,19). The van der Waals surface area contributed by atoms with Gasteiger partial charge in [-0.1, -0.05) is 24.3 Å². The van der Waals surface area contributed by atoms with E-state index in [4.69, 9.17) is 0 Å². The van der Waals surface area contributed by atoms with Gasteiger partial charge < -0.3 is 5.32 Å². The third kappa shape index (κ3) is 3.41. The van der Waals surface area contributed by atoms with Crippen LogP contribution >= 0.6 is 0 Å². The summed E-state index contributed by atoms with van der Waals surface area (Å²) in [4.78, 5) is 12.0. The van der Waals surface area contributed by atoms with E-state index in [1.165, 1.54) is 12.1 Å². The first kappa shape index (κ1) is 13.3. The lowest BCUT2D eigenvalue weighted by Crippen LogP contribution is -2.15. The molecule has 1 N–H and O–H groups in total. The van der Waals surface area contributed by atoms with Crippen molar-refractivity contribution in [1.29, 1.82) is 0 Å². The van der Waals surface area contributed by atoms with Crippen molar-refractivity contribution in [2.45, 2.75) is 20.3 Å². The molecule has 0 heterocycles. The third-order valence-corrected chi connectivity index (χ3v) is 3.07.